The van der Waals surface area contributed by atoms with E-state index in [1.807, 2.05) is 0 Å². The number of aliphatic carboxylic acids is 1. The molecule has 20 heavy (non-hydrogen) atoms. The molecule has 0 aliphatic carbocycles. The average molecular weight is 288 g/mol. The zero-order valence-electron chi connectivity index (χ0n) is 10.1. The molecule has 1 heterocycles. The Kier molecular flexibility index (Phi) is 3.71. The molecule has 1 unspecified atom stereocenters. The minimum atomic E-state index is -4.53. The van der Waals surface area contributed by atoms with Gasteiger partial charge in [0.1, 0.15) is 11.9 Å². The van der Waals surface area contributed by atoms with Gasteiger partial charge in [0.2, 0.25) is 0 Å². The molecule has 0 aromatic heterocycles. The van der Waals surface area contributed by atoms with Crippen LogP contribution in [0.2, 0.25) is 0 Å². The molecule has 0 fully saturated rings. The second-order valence-electron chi connectivity index (χ2n) is 4.36. The first-order valence-corrected chi connectivity index (χ1v) is 5.72. The maximum absolute atomic E-state index is 12.4. The highest BCUT2D eigenvalue weighted by atomic mass is 19.4. The van der Waals surface area contributed by atoms with Gasteiger partial charge in [-0.2, -0.15) is 13.2 Å². The van der Waals surface area contributed by atoms with Crippen molar-refractivity contribution < 1.29 is 32.9 Å². The lowest BCUT2D eigenvalue weighted by Crippen LogP contribution is -2.32. The Morgan fingerprint density at radius 2 is 2.05 bits per heavy atom. The SMILES string of the molecule is O=C(O)C1=Cc2cc(CO)ccc2OC1CC(F)(F)F. The number of ether oxygens (including phenoxy) is 1. The van der Waals surface area contributed by atoms with Crippen LogP contribution in [0.4, 0.5) is 13.2 Å². The normalized spacial score (nSPS) is 18.0. The van der Waals surface area contributed by atoms with Crippen molar-refractivity contribution in [3.63, 3.8) is 0 Å². The molecular formula is C13H11F3O4. The molecule has 0 bridgehead atoms. The zero-order valence-corrected chi connectivity index (χ0v) is 10.1. The third kappa shape index (κ3) is 3.11. The van der Waals surface area contributed by atoms with Crippen LogP contribution in [-0.4, -0.2) is 28.5 Å². The lowest BCUT2D eigenvalue weighted by Gasteiger charge is -2.26. The third-order valence-electron chi connectivity index (χ3n) is 2.85. The number of carboxylic acid groups (broad SMARTS) is 1. The van der Waals surface area contributed by atoms with Crippen molar-refractivity contribution in [2.75, 3.05) is 0 Å². The molecule has 0 saturated heterocycles. The highest BCUT2D eigenvalue weighted by Crippen LogP contribution is 2.35. The second-order valence-corrected chi connectivity index (χ2v) is 4.36. The fourth-order valence-corrected chi connectivity index (χ4v) is 1.95. The Balaban J connectivity index is 2.39. The quantitative estimate of drug-likeness (QED) is 0.896. The van der Waals surface area contributed by atoms with Gasteiger partial charge in [0.05, 0.1) is 18.6 Å². The van der Waals surface area contributed by atoms with Crippen LogP contribution in [0.1, 0.15) is 17.5 Å². The Labute approximate surface area is 112 Å². The Morgan fingerprint density at radius 3 is 2.60 bits per heavy atom. The van der Waals surface area contributed by atoms with Crippen LogP contribution < -0.4 is 4.74 Å². The Bertz CT molecular complexity index is 563. The first-order valence-electron chi connectivity index (χ1n) is 5.72. The standard InChI is InChI=1S/C13H11F3O4/c14-13(15,16)5-11-9(12(18)19)4-8-3-7(6-17)1-2-10(8)20-11/h1-4,11,17H,5-6H2,(H,18,19). The first-order chi connectivity index (χ1) is 9.30. The minimum Gasteiger partial charge on any atom is -0.484 e. The van der Waals surface area contributed by atoms with Crippen molar-refractivity contribution in [2.45, 2.75) is 25.3 Å². The summed E-state index contributed by atoms with van der Waals surface area (Å²) < 4.78 is 42.4. The molecule has 1 aromatic rings. The molecule has 108 valence electrons. The summed E-state index contributed by atoms with van der Waals surface area (Å²) in [6, 6.07) is 4.39. The maximum atomic E-state index is 12.4. The molecular weight excluding hydrogens is 277 g/mol. The Hall–Kier alpha value is -2.02. The van der Waals surface area contributed by atoms with Crippen LogP contribution in [0.25, 0.3) is 6.08 Å². The van der Waals surface area contributed by atoms with E-state index in [0.717, 1.165) is 6.08 Å². The van der Waals surface area contributed by atoms with Gasteiger partial charge in [0.15, 0.2) is 0 Å². The molecule has 1 atom stereocenters. The van der Waals surface area contributed by atoms with E-state index in [2.05, 4.69) is 0 Å². The summed E-state index contributed by atoms with van der Waals surface area (Å²) >= 11 is 0. The molecule has 0 amide bonds. The van der Waals surface area contributed by atoms with Crippen LogP contribution in [-0.2, 0) is 11.4 Å². The smallest absolute Gasteiger partial charge is 0.392 e. The predicted octanol–water partition coefficient (Wildman–Crippen LogP) is 2.36. The summed E-state index contributed by atoms with van der Waals surface area (Å²) in [7, 11) is 0. The summed E-state index contributed by atoms with van der Waals surface area (Å²) in [5, 5.41) is 18.0. The molecule has 0 spiro atoms. The molecule has 2 N–H and O–H groups in total. The van der Waals surface area contributed by atoms with E-state index in [-0.39, 0.29) is 12.4 Å². The van der Waals surface area contributed by atoms with Gasteiger partial charge in [-0.1, -0.05) is 6.07 Å². The fraction of sp³-hybridized carbons (Fsp3) is 0.308. The summed E-state index contributed by atoms with van der Waals surface area (Å²) in [5.74, 6) is -1.29. The topological polar surface area (TPSA) is 66.8 Å². The number of alkyl halides is 3. The number of fused-ring (bicyclic) bond motifs is 1. The predicted molar refractivity (Wildman–Crippen MR) is 63.1 cm³/mol. The largest absolute Gasteiger partial charge is 0.484 e. The molecule has 4 nitrogen and oxygen atoms in total. The van der Waals surface area contributed by atoms with Crippen molar-refractivity contribution >= 4 is 12.0 Å². The molecule has 0 radical (unpaired) electrons. The van der Waals surface area contributed by atoms with Gasteiger partial charge < -0.3 is 14.9 Å². The molecule has 1 aliphatic rings. The lowest BCUT2D eigenvalue weighted by atomic mass is 9.98. The van der Waals surface area contributed by atoms with Crippen molar-refractivity contribution in [3.8, 4) is 5.75 Å². The highest BCUT2D eigenvalue weighted by Gasteiger charge is 2.38. The van der Waals surface area contributed by atoms with Crippen LogP contribution in [0, 0.1) is 0 Å². The van der Waals surface area contributed by atoms with E-state index in [0.29, 0.717) is 11.1 Å². The van der Waals surface area contributed by atoms with Gasteiger partial charge in [0.25, 0.3) is 0 Å². The number of aliphatic hydroxyl groups excluding tert-OH is 1. The van der Waals surface area contributed by atoms with Gasteiger partial charge in [0, 0.05) is 5.56 Å². The van der Waals surface area contributed by atoms with E-state index >= 15 is 0 Å². The van der Waals surface area contributed by atoms with E-state index in [1.54, 1.807) is 0 Å². The van der Waals surface area contributed by atoms with Gasteiger partial charge in [-0.25, -0.2) is 4.79 Å². The fourth-order valence-electron chi connectivity index (χ4n) is 1.95. The molecule has 7 heteroatoms. The number of hydrogen-bond donors (Lipinski definition) is 2. The van der Waals surface area contributed by atoms with Gasteiger partial charge in [-0.3, -0.25) is 0 Å². The van der Waals surface area contributed by atoms with Gasteiger partial charge in [-0.15, -0.1) is 0 Å². The molecule has 1 aromatic carbocycles. The van der Waals surface area contributed by atoms with Crippen molar-refractivity contribution in [2.24, 2.45) is 0 Å². The average Bonchev–Trinajstić information content (AvgIpc) is 2.35. The van der Waals surface area contributed by atoms with E-state index in [1.165, 1.54) is 18.2 Å². The summed E-state index contributed by atoms with van der Waals surface area (Å²) in [5.41, 5.74) is 0.403. The zero-order chi connectivity index (χ0) is 14.9. The number of halogens is 3. The van der Waals surface area contributed by atoms with Crippen LogP contribution in [0.3, 0.4) is 0 Å². The van der Waals surface area contributed by atoms with Crippen molar-refractivity contribution in [1.82, 2.24) is 0 Å². The number of benzene rings is 1. The van der Waals surface area contributed by atoms with E-state index in [9.17, 15) is 18.0 Å². The number of aliphatic hydroxyl groups is 1. The highest BCUT2D eigenvalue weighted by molar-refractivity contribution is 5.94. The van der Waals surface area contributed by atoms with Crippen molar-refractivity contribution in [1.29, 1.82) is 0 Å². The van der Waals surface area contributed by atoms with Crippen molar-refractivity contribution in [3.05, 3.63) is 34.9 Å². The summed E-state index contributed by atoms with van der Waals surface area (Å²) in [6.45, 7) is -0.254. The van der Waals surface area contributed by atoms with Crippen LogP contribution in [0.5, 0.6) is 5.75 Å². The number of hydrogen-bond acceptors (Lipinski definition) is 3. The van der Waals surface area contributed by atoms with Crippen LogP contribution in [0.15, 0.2) is 23.8 Å². The first kappa shape index (κ1) is 14.4. The monoisotopic (exact) mass is 288 g/mol. The van der Waals surface area contributed by atoms with Crippen LogP contribution >= 0.6 is 0 Å². The van der Waals surface area contributed by atoms with Gasteiger partial charge in [-0.05, 0) is 23.8 Å². The Morgan fingerprint density at radius 1 is 1.35 bits per heavy atom. The number of carboxylic acids is 1. The van der Waals surface area contributed by atoms with E-state index < -0.39 is 30.2 Å². The van der Waals surface area contributed by atoms with Gasteiger partial charge >= 0.3 is 12.1 Å². The number of rotatable bonds is 3. The van der Waals surface area contributed by atoms with E-state index in [4.69, 9.17) is 14.9 Å². The molecule has 1 aliphatic heterocycles. The summed E-state index contributed by atoms with van der Waals surface area (Å²) in [6.07, 6.45) is -6.31. The molecule has 0 saturated carbocycles. The molecule has 2 rings (SSSR count). The summed E-state index contributed by atoms with van der Waals surface area (Å²) in [4.78, 5) is 11.0. The lowest BCUT2D eigenvalue weighted by molar-refractivity contribution is -0.150. The maximum Gasteiger partial charge on any atom is 0.392 e. The third-order valence-corrected chi connectivity index (χ3v) is 2.85. The second kappa shape index (κ2) is 5.16. The number of carbonyl (C=O) groups is 1. The minimum absolute atomic E-state index is 0.168.